The molecule has 0 aliphatic heterocycles. The standard InChI is InChI=1S/C18H21F3N4O3/c19-18(20,21)7-13(16(26)25-11-3-1-2-4-11)23-8-10-5-6-22-15-14(10)12(9-24-15)17(27)28/h5-6,9,11,13,23H,1-4,7-8H2,(H,22,24)(H,25,26)(H,27,28). The van der Waals surface area contributed by atoms with E-state index in [1.165, 1.54) is 18.5 Å². The number of alkyl halides is 3. The molecule has 4 N–H and O–H groups in total. The largest absolute Gasteiger partial charge is 0.478 e. The van der Waals surface area contributed by atoms with E-state index in [1.807, 2.05) is 0 Å². The highest BCUT2D eigenvalue weighted by atomic mass is 19.4. The molecule has 0 bridgehead atoms. The molecule has 10 heteroatoms. The second-order valence-electron chi connectivity index (χ2n) is 6.94. The van der Waals surface area contributed by atoms with Crippen LogP contribution in [0.25, 0.3) is 11.0 Å². The third-order valence-corrected chi connectivity index (χ3v) is 4.88. The molecule has 1 unspecified atom stereocenters. The number of carboxylic acids is 1. The summed E-state index contributed by atoms with van der Waals surface area (Å²) in [6.07, 6.45) is 0.312. The molecule has 0 aromatic carbocycles. The fourth-order valence-electron chi connectivity index (χ4n) is 3.53. The Morgan fingerprint density at radius 3 is 2.68 bits per heavy atom. The molecule has 1 aliphatic carbocycles. The Labute approximate surface area is 158 Å². The predicted molar refractivity (Wildman–Crippen MR) is 94.8 cm³/mol. The number of H-pyrrole nitrogens is 1. The number of aromatic nitrogens is 2. The average molecular weight is 398 g/mol. The molecule has 0 spiro atoms. The summed E-state index contributed by atoms with van der Waals surface area (Å²) in [6.45, 7) is -0.101. The van der Waals surface area contributed by atoms with Crippen LogP contribution in [-0.4, -0.2) is 45.2 Å². The minimum absolute atomic E-state index is 0.0253. The molecule has 1 saturated carbocycles. The van der Waals surface area contributed by atoms with Crippen LogP contribution in [-0.2, 0) is 11.3 Å². The third-order valence-electron chi connectivity index (χ3n) is 4.88. The van der Waals surface area contributed by atoms with E-state index in [0.29, 0.717) is 16.6 Å². The number of carbonyl (C=O) groups excluding carboxylic acids is 1. The maximum Gasteiger partial charge on any atom is 0.391 e. The highest BCUT2D eigenvalue weighted by molar-refractivity contribution is 6.03. The van der Waals surface area contributed by atoms with Gasteiger partial charge in [-0.25, -0.2) is 9.78 Å². The summed E-state index contributed by atoms with van der Waals surface area (Å²) in [4.78, 5) is 30.5. The molecule has 152 valence electrons. The number of aromatic carboxylic acids is 1. The monoisotopic (exact) mass is 398 g/mol. The number of carbonyl (C=O) groups is 2. The van der Waals surface area contributed by atoms with Crippen molar-refractivity contribution in [1.82, 2.24) is 20.6 Å². The second-order valence-corrected chi connectivity index (χ2v) is 6.94. The maximum absolute atomic E-state index is 13.0. The van der Waals surface area contributed by atoms with Gasteiger partial charge in [-0.3, -0.25) is 4.79 Å². The van der Waals surface area contributed by atoms with Crippen LogP contribution < -0.4 is 10.6 Å². The maximum atomic E-state index is 13.0. The molecule has 2 aromatic rings. The Morgan fingerprint density at radius 2 is 2.04 bits per heavy atom. The number of hydrogen-bond acceptors (Lipinski definition) is 4. The molecule has 28 heavy (non-hydrogen) atoms. The van der Waals surface area contributed by atoms with E-state index in [0.717, 1.165) is 25.7 Å². The lowest BCUT2D eigenvalue weighted by atomic mass is 10.1. The van der Waals surface area contributed by atoms with Crippen molar-refractivity contribution >= 4 is 22.9 Å². The van der Waals surface area contributed by atoms with Crippen molar-refractivity contribution in [2.45, 2.75) is 56.9 Å². The lowest BCUT2D eigenvalue weighted by Crippen LogP contribution is -2.48. The molecule has 1 atom stereocenters. The van der Waals surface area contributed by atoms with Gasteiger partial charge in [0.15, 0.2) is 0 Å². The van der Waals surface area contributed by atoms with E-state index in [9.17, 15) is 27.9 Å². The Morgan fingerprint density at radius 1 is 1.32 bits per heavy atom. The van der Waals surface area contributed by atoms with Gasteiger partial charge in [-0.1, -0.05) is 12.8 Å². The molecule has 2 heterocycles. The van der Waals surface area contributed by atoms with E-state index >= 15 is 0 Å². The Bertz CT molecular complexity index is 859. The van der Waals surface area contributed by atoms with Gasteiger partial charge in [-0.05, 0) is 24.5 Å². The molecule has 1 fully saturated rings. The number of nitrogens with zero attached hydrogens (tertiary/aromatic N) is 1. The number of halogens is 3. The first-order chi connectivity index (χ1) is 13.2. The highest BCUT2D eigenvalue weighted by Crippen LogP contribution is 2.25. The molecule has 0 saturated heterocycles. The van der Waals surface area contributed by atoms with Crippen LogP contribution in [0.4, 0.5) is 13.2 Å². The van der Waals surface area contributed by atoms with Gasteiger partial charge < -0.3 is 20.7 Å². The second kappa shape index (κ2) is 8.17. The molecule has 0 radical (unpaired) electrons. The zero-order valence-corrected chi connectivity index (χ0v) is 15.0. The van der Waals surface area contributed by atoms with E-state index in [1.54, 1.807) is 0 Å². The fraction of sp³-hybridized carbons (Fsp3) is 0.500. The van der Waals surface area contributed by atoms with Gasteiger partial charge in [0, 0.05) is 30.4 Å². The summed E-state index contributed by atoms with van der Waals surface area (Å²) < 4.78 is 38.9. The van der Waals surface area contributed by atoms with Crippen molar-refractivity contribution in [3.63, 3.8) is 0 Å². The van der Waals surface area contributed by atoms with Crippen LogP contribution in [0.15, 0.2) is 18.5 Å². The highest BCUT2D eigenvalue weighted by Gasteiger charge is 2.36. The zero-order chi connectivity index (χ0) is 20.3. The molecule has 3 rings (SSSR count). The van der Waals surface area contributed by atoms with Crippen LogP contribution in [0.2, 0.25) is 0 Å². The molecule has 1 aliphatic rings. The van der Waals surface area contributed by atoms with Gasteiger partial charge in [-0.15, -0.1) is 0 Å². The number of aromatic amines is 1. The minimum atomic E-state index is -4.52. The number of rotatable bonds is 7. The molecular weight excluding hydrogens is 377 g/mol. The topological polar surface area (TPSA) is 107 Å². The minimum Gasteiger partial charge on any atom is -0.478 e. The summed E-state index contributed by atoms with van der Waals surface area (Å²) in [5, 5.41) is 14.9. The lowest BCUT2D eigenvalue weighted by molar-refractivity contribution is -0.149. The summed E-state index contributed by atoms with van der Waals surface area (Å²) in [7, 11) is 0. The first kappa shape index (κ1) is 20.1. The summed E-state index contributed by atoms with van der Waals surface area (Å²) >= 11 is 0. The third kappa shape index (κ3) is 4.80. The van der Waals surface area contributed by atoms with E-state index < -0.39 is 30.5 Å². The first-order valence-corrected chi connectivity index (χ1v) is 9.03. The number of pyridine rings is 1. The Balaban J connectivity index is 1.77. The Kier molecular flexibility index (Phi) is 5.87. The van der Waals surface area contributed by atoms with Crippen molar-refractivity contribution in [2.75, 3.05) is 0 Å². The quantitative estimate of drug-likeness (QED) is 0.574. The van der Waals surface area contributed by atoms with Crippen LogP contribution >= 0.6 is 0 Å². The van der Waals surface area contributed by atoms with Crippen molar-refractivity contribution < 1.29 is 27.9 Å². The average Bonchev–Trinajstić information content (AvgIpc) is 3.26. The molecule has 7 nitrogen and oxygen atoms in total. The number of hydrogen-bond donors (Lipinski definition) is 4. The lowest BCUT2D eigenvalue weighted by Gasteiger charge is -2.22. The molecule has 2 aromatic heterocycles. The molecular formula is C18H21F3N4O3. The number of fused-ring (bicyclic) bond motifs is 1. The van der Waals surface area contributed by atoms with Crippen molar-refractivity contribution in [3.05, 3.63) is 29.6 Å². The van der Waals surface area contributed by atoms with Crippen molar-refractivity contribution in [2.24, 2.45) is 0 Å². The van der Waals surface area contributed by atoms with Crippen LogP contribution in [0.5, 0.6) is 0 Å². The van der Waals surface area contributed by atoms with Gasteiger partial charge >= 0.3 is 12.1 Å². The normalized spacial score (nSPS) is 16.4. The van der Waals surface area contributed by atoms with Gasteiger partial charge in [-0.2, -0.15) is 13.2 Å². The van der Waals surface area contributed by atoms with Crippen LogP contribution in [0.3, 0.4) is 0 Å². The van der Waals surface area contributed by atoms with Crippen LogP contribution in [0.1, 0.15) is 48.0 Å². The number of amides is 1. The number of carboxylic acid groups (broad SMARTS) is 1. The van der Waals surface area contributed by atoms with Crippen molar-refractivity contribution in [3.8, 4) is 0 Å². The van der Waals surface area contributed by atoms with E-state index in [2.05, 4.69) is 20.6 Å². The fourth-order valence-corrected chi connectivity index (χ4v) is 3.53. The molecule has 1 amide bonds. The van der Waals surface area contributed by atoms with Gasteiger partial charge in [0.1, 0.15) is 5.65 Å². The smallest absolute Gasteiger partial charge is 0.391 e. The van der Waals surface area contributed by atoms with Crippen LogP contribution in [0, 0.1) is 0 Å². The summed E-state index contributed by atoms with van der Waals surface area (Å²) in [5.41, 5.74) is 0.742. The predicted octanol–water partition coefficient (Wildman–Crippen LogP) is 2.73. The SMILES string of the molecule is O=C(O)c1c[nH]c2nccc(CNC(CC(F)(F)F)C(=O)NC3CCCC3)c12. The number of nitrogens with one attached hydrogen (secondary N) is 3. The van der Waals surface area contributed by atoms with E-state index in [-0.39, 0.29) is 18.2 Å². The Hall–Kier alpha value is -2.62. The first-order valence-electron chi connectivity index (χ1n) is 9.03. The van der Waals surface area contributed by atoms with Crippen molar-refractivity contribution in [1.29, 1.82) is 0 Å². The zero-order valence-electron chi connectivity index (χ0n) is 15.0. The van der Waals surface area contributed by atoms with Gasteiger partial charge in [0.25, 0.3) is 0 Å². The summed E-state index contributed by atoms with van der Waals surface area (Å²) in [6, 6.07) is -0.0354. The van der Waals surface area contributed by atoms with Gasteiger partial charge in [0.05, 0.1) is 18.0 Å². The summed E-state index contributed by atoms with van der Waals surface area (Å²) in [5.74, 6) is -1.87. The van der Waals surface area contributed by atoms with E-state index in [4.69, 9.17) is 0 Å². The van der Waals surface area contributed by atoms with Gasteiger partial charge in [0.2, 0.25) is 5.91 Å².